The van der Waals surface area contributed by atoms with Crippen molar-refractivity contribution < 1.29 is 19.0 Å². The van der Waals surface area contributed by atoms with Gasteiger partial charge in [-0.05, 0) is 37.5 Å². The summed E-state index contributed by atoms with van der Waals surface area (Å²) in [7, 11) is 0. The van der Waals surface area contributed by atoms with Crippen LogP contribution < -0.4 is 14.8 Å². The van der Waals surface area contributed by atoms with Crippen LogP contribution in [0, 0.1) is 5.92 Å². The SMILES string of the molecule is CCOc1ccc(-c2ccc(CC(=O)NCCC3CCCC3)nc2)c(OCCN2CCOCC2)c1. The molecule has 190 valence electrons. The Morgan fingerprint density at radius 1 is 1.14 bits per heavy atom. The Labute approximate surface area is 209 Å². The summed E-state index contributed by atoms with van der Waals surface area (Å²) in [5.41, 5.74) is 2.70. The van der Waals surface area contributed by atoms with E-state index in [0.29, 0.717) is 19.6 Å². The normalized spacial score (nSPS) is 16.8. The second-order valence-electron chi connectivity index (χ2n) is 9.40. The molecule has 0 radical (unpaired) electrons. The number of nitrogens with zero attached hydrogens (tertiary/aromatic N) is 2. The number of hydrogen-bond acceptors (Lipinski definition) is 6. The largest absolute Gasteiger partial charge is 0.494 e. The molecule has 4 rings (SSSR count). The lowest BCUT2D eigenvalue weighted by atomic mass is 10.0. The summed E-state index contributed by atoms with van der Waals surface area (Å²) in [5.74, 6) is 2.39. The third-order valence-corrected chi connectivity index (χ3v) is 6.86. The molecule has 7 nitrogen and oxygen atoms in total. The highest BCUT2D eigenvalue weighted by molar-refractivity contribution is 5.78. The summed E-state index contributed by atoms with van der Waals surface area (Å²) in [4.78, 5) is 19.3. The first-order valence-corrected chi connectivity index (χ1v) is 13.1. The maximum absolute atomic E-state index is 12.3. The molecule has 1 aromatic carbocycles. The predicted octanol–water partition coefficient (Wildman–Crippen LogP) is 4.10. The van der Waals surface area contributed by atoms with E-state index in [4.69, 9.17) is 14.2 Å². The molecule has 2 fully saturated rings. The molecular weight excluding hydrogens is 442 g/mol. The first kappa shape index (κ1) is 25.5. The lowest BCUT2D eigenvalue weighted by Gasteiger charge is -2.26. The Morgan fingerprint density at radius 2 is 1.97 bits per heavy atom. The number of nitrogens with one attached hydrogen (secondary N) is 1. The van der Waals surface area contributed by atoms with Gasteiger partial charge in [-0.2, -0.15) is 0 Å². The Hall–Kier alpha value is -2.64. The van der Waals surface area contributed by atoms with Gasteiger partial charge in [-0.15, -0.1) is 0 Å². The van der Waals surface area contributed by atoms with Gasteiger partial charge in [0.15, 0.2) is 0 Å². The summed E-state index contributed by atoms with van der Waals surface area (Å²) in [6.45, 7) is 8.22. The number of hydrogen-bond donors (Lipinski definition) is 1. The molecule has 1 aliphatic carbocycles. The lowest BCUT2D eigenvalue weighted by Crippen LogP contribution is -2.38. The standard InChI is InChI=1S/C28H39N3O4/c1-2-34-25-9-10-26(27(20-25)35-18-15-31-13-16-33-17-14-31)23-7-8-24(30-21-23)19-28(32)29-12-11-22-5-3-4-6-22/h7-10,20-22H,2-6,11-19H2,1H3,(H,29,32). The van der Waals surface area contributed by atoms with Crippen molar-refractivity contribution in [3.63, 3.8) is 0 Å². The Kier molecular flexibility index (Phi) is 9.78. The Bertz CT molecular complexity index is 922. The molecular formula is C28H39N3O4. The van der Waals surface area contributed by atoms with Gasteiger partial charge in [-0.1, -0.05) is 31.7 Å². The van der Waals surface area contributed by atoms with Crippen molar-refractivity contribution in [1.82, 2.24) is 15.2 Å². The maximum Gasteiger partial charge on any atom is 0.226 e. The van der Waals surface area contributed by atoms with Crippen molar-refractivity contribution in [2.75, 3.05) is 52.6 Å². The minimum Gasteiger partial charge on any atom is -0.494 e. The molecule has 1 saturated carbocycles. The highest BCUT2D eigenvalue weighted by Crippen LogP contribution is 2.33. The van der Waals surface area contributed by atoms with Crippen molar-refractivity contribution >= 4 is 5.91 Å². The lowest BCUT2D eigenvalue weighted by molar-refractivity contribution is -0.120. The van der Waals surface area contributed by atoms with Crippen molar-refractivity contribution in [1.29, 1.82) is 0 Å². The van der Waals surface area contributed by atoms with E-state index >= 15 is 0 Å². The van der Waals surface area contributed by atoms with Crippen LogP contribution in [0.3, 0.4) is 0 Å². The van der Waals surface area contributed by atoms with Gasteiger partial charge in [0.2, 0.25) is 5.91 Å². The van der Waals surface area contributed by atoms with E-state index in [2.05, 4.69) is 15.2 Å². The second kappa shape index (κ2) is 13.4. The number of morpholine rings is 1. The number of carbonyl (C=O) groups excluding carboxylic acids is 1. The molecule has 7 heteroatoms. The topological polar surface area (TPSA) is 72.9 Å². The highest BCUT2D eigenvalue weighted by Gasteiger charge is 2.16. The summed E-state index contributed by atoms with van der Waals surface area (Å²) in [5, 5.41) is 3.06. The summed E-state index contributed by atoms with van der Waals surface area (Å²) in [6.07, 6.45) is 8.51. The van der Waals surface area contributed by atoms with Crippen LogP contribution in [0.4, 0.5) is 0 Å². The first-order chi connectivity index (χ1) is 17.2. The van der Waals surface area contributed by atoms with Gasteiger partial charge in [-0.3, -0.25) is 14.7 Å². The van der Waals surface area contributed by atoms with E-state index in [1.165, 1.54) is 25.7 Å². The monoisotopic (exact) mass is 481 g/mol. The van der Waals surface area contributed by atoms with Crippen molar-refractivity contribution in [2.45, 2.75) is 45.4 Å². The molecule has 0 atom stereocenters. The van der Waals surface area contributed by atoms with Gasteiger partial charge in [0, 0.05) is 55.3 Å². The van der Waals surface area contributed by atoms with Crippen LogP contribution in [-0.4, -0.2) is 68.4 Å². The van der Waals surface area contributed by atoms with E-state index in [0.717, 1.165) is 80.1 Å². The van der Waals surface area contributed by atoms with E-state index in [1.807, 2.05) is 43.5 Å². The number of aromatic nitrogens is 1. The number of amides is 1. The molecule has 2 aromatic rings. The smallest absolute Gasteiger partial charge is 0.226 e. The molecule has 1 aliphatic heterocycles. The van der Waals surface area contributed by atoms with Gasteiger partial charge < -0.3 is 19.5 Å². The Balaban J connectivity index is 1.34. The van der Waals surface area contributed by atoms with Crippen LogP contribution in [0.25, 0.3) is 11.1 Å². The highest BCUT2D eigenvalue weighted by atomic mass is 16.5. The third kappa shape index (κ3) is 7.94. The van der Waals surface area contributed by atoms with Crippen LogP contribution in [-0.2, 0) is 16.0 Å². The summed E-state index contributed by atoms with van der Waals surface area (Å²) in [6, 6.07) is 9.86. The van der Waals surface area contributed by atoms with Crippen LogP contribution in [0.15, 0.2) is 36.5 Å². The summed E-state index contributed by atoms with van der Waals surface area (Å²) < 4.78 is 17.3. The maximum atomic E-state index is 12.3. The fourth-order valence-electron chi connectivity index (χ4n) is 4.86. The number of rotatable bonds is 12. The van der Waals surface area contributed by atoms with Crippen LogP contribution >= 0.6 is 0 Å². The fourth-order valence-corrected chi connectivity index (χ4v) is 4.86. The molecule has 1 N–H and O–H groups in total. The predicted molar refractivity (Wildman–Crippen MR) is 137 cm³/mol. The zero-order valence-corrected chi connectivity index (χ0v) is 21.0. The third-order valence-electron chi connectivity index (χ3n) is 6.86. The second-order valence-corrected chi connectivity index (χ2v) is 9.40. The van der Waals surface area contributed by atoms with E-state index < -0.39 is 0 Å². The van der Waals surface area contributed by atoms with Crippen molar-refractivity contribution in [2.24, 2.45) is 5.92 Å². The van der Waals surface area contributed by atoms with Gasteiger partial charge in [0.25, 0.3) is 0 Å². The van der Waals surface area contributed by atoms with Gasteiger partial charge in [-0.25, -0.2) is 0 Å². The number of carbonyl (C=O) groups is 1. The molecule has 35 heavy (non-hydrogen) atoms. The molecule has 1 saturated heterocycles. The van der Waals surface area contributed by atoms with Crippen molar-refractivity contribution in [3.05, 3.63) is 42.2 Å². The zero-order chi connectivity index (χ0) is 24.3. The fraction of sp³-hybridized carbons (Fsp3) is 0.571. The van der Waals surface area contributed by atoms with Crippen LogP contribution in [0.1, 0.15) is 44.7 Å². The molecule has 2 aliphatic rings. The Morgan fingerprint density at radius 3 is 2.71 bits per heavy atom. The molecule has 0 bridgehead atoms. The van der Waals surface area contributed by atoms with E-state index in [9.17, 15) is 4.79 Å². The molecule has 0 unspecified atom stereocenters. The van der Waals surface area contributed by atoms with Crippen LogP contribution in [0.5, 0.6) is 11.5 Å². The average molecular weight is 482 g/mol. The number of benzene rings is 1. The first-order valence-electron chi connectivity index (χ1n) is 13.1. The quantitative estimate of drug-likeness (QED) is 0.492. The minimum absolute atomic E-state index is 0.0384. The molecule has 1 aromatic heterocycles. The molecule has 2 heterocycles. The van der Waals surface area contributed by atoms with Gasteiger partial charge in [0.05, 0.1) is 26.2 Å². The van der Waals surface area contributed by atoms with E-state index in [1.54, 1.807) is 0 Å². The van der Waals surface area contributed by atoms with Crippen LogP contribution in [0.2, 0.25) is 0 Å². The van der Waals surface area contributed by atoms with E-state index in [-0.39, 0.29) is 5.91 Å². The van der Waals surface area contributed by atoms with Gasteiger partial charge >= 0.3 is 0 Å². The molecule has 1 amide bonds. The number of pyridine rings is 1. The number of ether oxygens (including phenoxy) is 3. The summed E-state index contributed by atoms with van der Waals surface area (Å²) >= 11 is 0. The molecule has 0 spiro atoms. The average Bonchev–Trinajstić information content (AvgIpc) is 3.39. The van der Waals surface area contributed by atoms with Gasteiger partial charge in [0.1, 0.15) is 18.1 Å². The van der Waals surface area contributed by atoms with Crippen molar-refractivity contribution in [3.8, 4) is 22.6 Å². The minimum atomic E-state index is 0.0384. The zero-order valence-electron chi connectivity index (χ0n) is 21.0.